The van der Waals surface area contributed by atoms with Crippen LogP contribution in [-0.4, -0.2) is 36.9 Å². The van der Waals surface area contributed by atoms with Crippen LogP contribution in [0.15, 0.2) is 59.1 Å². The van der Waals surface area contributed by atoms with E-state index in [1.165, 1.54) is 11.0 Å². The molecule has 0 heterocycles. The third-order valence-corrected chi connectivity index (χ3v) is 4.21. The molecule has 0 radical (unpaired) electrons. The summed E-state index contributed by atoms with van der Waals surface area (Å²) < 4.78 is 6.17. The fourth-order valence-corrected chi connectivity index (χ4v) is 2.57. The van der Waals surface area contributed by atoms with Crippen molar-refractivity contribution in [1.82, 2.24) is 4.90 Å². The molecule has 0 aliphatic carbocycles. The van der Waals surface area contributed by atoms with Crippen LogP contribution in [0.4, 0.5) is 5.69 Å². The SMILES string of the molecule is CCOc1ccc(/C=C/C(=O)N(C)CC(=O)Nc2ccccc2Br)cc1. The monoisotopic (exact) mass is 416 g/mol. The molecule has 2 amide bonds. The molecule has 0 saturated carbocycles. The average molecular weight is 417 g/mol. The van der Waals surface area contributed by atoms with Crippen LogP contribution in [0.25, 0.3) is 6.08 Å². The minimum atomic E-state index is -0.262. The van der Waals surface area contributed by atoms with Crippen molar-refractivity contribution in [3.63, 3.8) is 0 Å². The van der Waals surface area contributed by atoms with Crippen molar-refractivity contribution >= 4 is 39.5 Å². The van der Waals surface area contributed by atoms with E-state index in [2.05, 4.69) is 21.2 Å². The zero-order valence-electron chi connectivity index (χ0n) is 14.7. The largest absolute Gasteiger partial charge is 0.494 e. The van der Waals surface area contributed by atoms with E-state index in [1.807, 2.05) is 49.4 Å². The molecule has 0 unspecified atom stereocenters. The van der Waals surface area contributed by atoms with Crippen LogP contribution < -0.4 is 10.1 Å². The first kappa shape index (κ1) is 19.7. The number of amides is 2. The molecule has 136 valence electrons. The number of anilines is 1. The van der Waals surface area contributed by atoms with E-state index >= 15 is 0 Å². The molecule has 0 aromatic heterocycles. The number of para-hydroxylation sites is 1. The van der Waals surface area contributed by atoms with Crippen LogP contribution in [-0.2, 0) is 9.59 Å². The average Bonchev–Trinajstić information content (AvgIpc) is 2.63. The van der Waals surface area contributed by atoms with Gasteiger partial charge in [-0.2, -0.15) is 0 Å². The Balaban J connectivity index is 1.88. The molecule has 2 aromatic rings. The van der Waals surface area contributed by atoms with Crippen LogP contribution in [0.2, 0.25) is 0 Å². The van der Waals surface area contributed by atoms with Crippen molar-refractivity contribution in [2.75, 3.05) is 25.5 Å². The van der Waals surface area contributed by atoms with E-state index in [0.717, 1.165) is 15.8 Å². The van der Waals surface area contributed by atoms with Crippen molar-refractivity contribution in [2.45, 2.75) is 6.92 Å². The third kappa shape index (κ3) is 6.04. The summed E-state index contributed by atoms with van der Waals surface area (Å²) >= 11 is 3.37. The number of carbonyl (C=O) groups is 2. The van der Waals surface area contributed by atoms with Gasteiger partial charge in [-0.25, -0.2) is 0 Å². The van der Waals surface area contributed by atoms with E-state index in [-0.39, 0.29) is 18.4 Å². The minimum Gasteiger partial charge on any atom is -0.494 e. The predicted octanol–water partition coefficient (Wildman–Crippen LogP) is 3.96. The van der Waals surface area contributed by atoms with Gasteiger partial charge >= 0.3 is 0 Å². The van der Waals surface area contributed by atoms with Gasteiger partial charge in [0.2, 0.25) is 11.8 Å². The summed E-state index contributed by atoms with van der Waals surface area (Å²) in [6.07, 6.45) is 3.15. The first-order valence-electron chi connectivity index (χ1n) is 8.20. The molecular weight excluding hydrogens is 396 g/mol. The number of ether oxygens (including phenoxy) is 1. The topological polar surface area (TPSA) is 58.6 Å². The summed E-state index contributed by atoms with van der Waals surface area (Å²) in [6.45, 7) is 2.50. The van der Waals surface area contributed by atoms with Gasteiger partial charge in [-0.3, -0.25) is 9.59 Å². The number of carbonyl (C=O) groups excluding carboxylic acids is 2. The number of nitrogens with zero attached hydrogens (tertiary/aromatic N) is 1. The summed E-state index contributed by atoms with van der Waals surface area (Å²) in [5.41, 5.74) is 1.55. The summed E-state index contributed by atoms with van der Waals surface area (Å²) in [5, 5.41) is 2.77. The fourth-order valence-electron chi connectivity index (χ4n) is 2.18. The molecule has 2 aromatic carbocycles. The molecule has 2 rings (SSSR count). The predicted molar refractivity (Wildman–Crippen MR) is 107 cm³/mol. The number of hydrogen-bond acceptors (Lipinski definition) is 3. The van der Waals surface area contributed by atoms with Crippen LogP contribution in [0.5, 0.6) is 5.75 Å². The molecule has 0 aliphatic rings. The Labute approximate surface area is 161 Å². The van der Waals surface area contributed by atoms with Gasteiger partial charge < -0.3 is 15.0 Å². The first-order valence-corrected chi connectivity index (χ1v) is 8.99. The highest BCUT2D eigenvalue weighted by Gasteiger charge is 2.11. The van der Waals surface area contributed by atoms with Gasteiger partial charge in [-0.15, -0.1) is 0 Å². The Morgan fingerprint density at radius 3 is 2.50 bits per heavy atom. The van der Waals surface area contributed by atoms with E-state index in [4.69, 9.17) is 4.74 Å². The summed E-state index contributed by atoms with van der Waals surface area (Å²) in [4.78, 5) is 25.6. The summed E-state index contributed by atoms with van der Waals surface area (Å²) in [5.74, 6) is 0.278. The zero-order valence-corrected chi connectivity index (χ0v) is 16.3. The number of hydrogen-bond donors (Lipinski definition) is 1. The molecule has 6 heteroatoms. The van der Waals surface area contributed by atoms with Crippen LogP contribution in [0.3, 0.4) is 0 Å². The van der Waals surface area contributed by atoms with Gasteiger partial charge in [-0.1, -0.05) is 24.3 Å². The molecule has 0 atom stereocenters. The van der Waals surface area contributed by atoms with Gasteiger partial charge in [0.25, 0.3) is 0 Å². The first-order chi connectivity index (χ1) is 12.5. The number of rotatable bonds is 7. The molecule has 0 aliphatic heterocycles. The van der Waals surface area contributed by atoms with E-state index in [9.17, 15) is 9.59 Å². The molecule has 0 fully saturated rings. The maximum Gasteiger partial charge on any atom is 0.246 e. The number of halogens is 1. The Kier molecular flexibility index (Phi) is 7.41. The standard InChI is InChI=1S/C20H21BrN2O3/c1-3-26-16-11-8-15(9-12-16)10-13-20(25)23(2)14-19(24)22-18-7-5-4-6-17(18)21/h4-13H,3,14H2,1-2H3,(H,22,24)/b13-10+. The molecule has 5 nitrogen and oxygen atoms in total. The van der Waals surface area contributed by atoms with E-state index < -0.39 is 0 Å². The van der Waals surface area contributed by atoms with Crippen LogP contribution in [0, 0.1) is 0 Å². The summed E-state index contributed by atoms with van der Waals surface area (Å²) in [7, 11) is 1.59. The Hall–Kier alpha value is -2.60. The lowest BCUT2D eigenvalue weighted by Gasteiger charge is -2.15. The second kappa shape index (κ2) is 9.77. The molecule has 0 saturated heterocycles. The van der Waals surface area contributed by atoms with Gasteiger partial charge in [0.15, 0.2) is 0 Å². The quantitative estimate of drug-likeness (QED) is 0.694. The lowest BCUT2D eigenvalue weighted by Crippen LogP contribution is -2.33. The summed E-state index contributed by atoms with van der Waals surface area (Å²) in [6, 6.07) is 14.8. The Morgan fingerprint density at radius 2 is 1.85 bits per heavy atom. The van der Waals surface area contributed by atoms with Gasteiger partial charge in [0.05, 0.1) is 18.8 Å². The van der Waals surface area contributed by atoms with Crippen LogP contribution >= 0.6 is 15.9 Å². The van der Waals surface area contributed by atoms with Crippen molar-refractivity contribution in [2.24, 2.45) is 0 Å². The van der Waals surface area contributed by atoms with Gasteiger partial charge in [0.1, 0.15) is 5.75 Å². The molecule has 0 bridgehead atoms. The van der Waals surface area contributed by atoms with E-state index in [0.29, 0.717) is 12.3 Å². The molecular formula is C20H21BrN2O3. The smallest absolute Gasteiger partial charge is 0.246 e. The highest BCUT2D eigenvalue weighted by Crippen LogP contribution is 2.21. The highest BCUT2D eigenvalue weighted by molar-refractivity contribution is 9.10. The lowest BCUT2D eigenvalue weighted by molar-refractivity contribution is -0.129. The van der Waals surface area contributed by atoms with Crippen LogP contribution in [0.1, 0.15) is 12.5 Å². The maximum atomic E-state index is 12.2. The second-order valence-corrected chi connectivity index (χ2v) is 6.41. The van der Waals surface area contributed by atoms with Crippen molar-refractivity contribution in [1.29, 1.82) is 0 Å². The van der Waals surface area contributed by atoms with Crippen molar-refractivity contribution < 1.29 is 14.3 Å². The second-order valence-electron chi connectivity index (χ2n) is 5.56. The molecule has 1 N–H and O–H groups in total. The van der Waals surface area contributed by atoms with Gasteiger partial charge in [-0.05, 0) is 58.8 Å². The minimum absolute atomic E-state index is 0.0339. The molecule has 0 spiro atoms. The number of likely N-dealkylation sites (N-methyl/N-ethyl adjacent to an activating group) is 1. The van der Waals surface area contributed by atoms with Crippen molar-refractivity contribution in [3.8, 4) is 5.75 Å². The lowest BCUT2D eigenvalue weighted by atomic mass is 10.2. The maximum absolute atomic E-state index is 12.2. The van der Waals surface area contributed by atoms with Crippen molar-refractivity contribution in [3.05, 3.63) is 64.6 Å². The molecule has 26 heavy (non-hydrogen) atoms. The third-order valence-electron chi connectivity index (χ3n) is 3.51. The fraction of sp³-hybridized carbons (Fsp3) is 0.200. The number of benzene rings is 2. The number of nitrogens with one attached hydrogen (secondary N) is 1. The Bertz CT molecular complexity index is 788. The Morgan fingerprint density at radius 1 is 1.15 bits per heavy atom. The highest BCUT2D eigenvalue weighted by atomic mass is 79.9. The zero-order chi connectivity index (χ0) is 18.9. The van der Waals surface area contributed by atoms with E-state index in [1.54, 1.807) is 19.2 Å². The normalized spacial score (nSPS) is 10.6. The van der Waals surface area contributed by atoms with Gasteiger partial charge in [0, 0.05) is 17.6 Å².